The number of unbranched alkanes of at least 4 members (excludes halogenated alkanes) is 2. The first-order valence-electron chi connectivity index (χ1n) is 5.45. The Labute approximate surface area is 92.5 Å². The third-order valence-electron chi connectivity index (χ3n) is 2.23. The van der Waals surface area contributed by atoms with Gasteiger partial charge in [0.15, 0.2) is 0 Å². The summed E-state index contributed by atoms with van der Waals surface area (Å²) in [7, 11) is 1.68. The summed E-state index contributed by atoms with van der Waals surface area (Å²) in [6.45, 7) is 2.19. The summed E-state index contributed by atoms with van der Waals surface area (Å²) in [5.74, 6) is 7.27. The number of ether oxygens (including phenoxy) is 1. The minimum atomic E-state index is 0.841. The highest BCUT2D eigenvalue weighted by molar-refractivity contribution is 5.29. The molecule has 1 rings (SSSR count). The van der Waals surface area contributed by atoms with Gasteiger partial charge in [-0.2, -0.15) is 0 Å². The molecule has 1 aromatic rings. The average Bonchev–Trinajstić information content (AvgIpc) is 2.30. The highest BCUT2D eigenvalue weighted by Crippen LogP contribution is 2.11. The van der Waals surface area contributed by atoms with Crippen LogP contribution >= 0.6 is 0 Å². The molecule has 0 amide bonds. The van der Waals surface area contributed by atoms with Crippen LogP contribution in [-0.4, -0.2) is 7.11 Å². The first kappa shape index (κ1) is 11.7. The van der Waals surface area contributed by atoms with Crippen LogP contribution in [0.15, 0.2) is 24.3 Å². The summed E-state index contributed by atoms with van der Waals surface area (Å²) in [4.78, 5) is 0. The first-order chi connectivity index (χ1) is 7.36. The molecule has 0 aromatic heterocycles. The fraction of sp³-hybridized carbons (Fsp3) is 0.429. The van der Waals surface area contributed by atoms with E-state index in [1.807, 2.05) is 12.1 Å². The zero-order valence-corrected chi connectivity index (χ0v) is 9.55. The SMILES string of the molecule is CCCCC#CCc1ccc(OC)cc1. The van der Waals surface area contributed by atoms with Crippen molar-refractivity contribution in [2.24, 2.45) is 0 Å². The van der Waals surface area contributed by atoms with Crippen molar-refractivity contribution in [1.29, 1.82) is 0 Å². The van der Waals surface area contributed by atoms with Gasteiger partial charge in [0, 0.05) is 12.8 Å². The Kier molecular flexibility index (Phi) is 5.40. The second-order valence-corrected chi connectivity index (χ2v) is 3.48. The third kappa shape index (κ3) is 4.56. The summed E-state index contributed by atoms with van der Waals surface area (Å²) in [6.07, 6.45) is 4.28. The number of hydrogen-bond donors (Lipinski definition) is 0. The number of hydrogen-bond acceptors (Lipinski definition) is 1. The molecule has 0 radical (unpaired) electrons. The minimum absolute atomic E-state index is 0.841. The Morgan fingerprint density at radius 2 is 1.87 bits per heavy atom. The molecule has 0 spiro atoms. The molecule has 80 valence electrons. The molecule has 1 nitrogen and oxygen atoms in total. The van der Waals surface area contributed by atoms with E-state index in [0.717, 1.165) is 18.6 Å². The summed E-state index contributed by atoms with van der Waals surface area (Å²) < 4.78 is 5.09. The topological polar surface area (TPSA) is 9.23 Å². The fourth-order valence-electron chi connectivity index (χ4n) is 1.26. The van der Waals surface area contributed by atoms with E-state index in [0.29, 0.717) is 0 Å². The van der Waals surface area contributed by atoms with Crippen molar-refractivity contribution in [2.45, 2.75) is 32.6 Å². The highest BCUT2D eigenvalue weighted by atomic mass is 16.5. The van der Waals surface area contributed by atoms with E-state index in [-0.39, 0.29) is 0 Å². The Bertz CT molecular complexity index is 327. The van der Waals surface area contributed by atoms with Gasteiger partial charge < -0.3 is 4.74 Å². The number of rotatable bonds is 4. The Balaban J connectivity index is 2.39. The maximum atomic E-state index is 5.09. The maximum Gasteiger partial charge on any atom is 0.118 e. The molecule has 0 aliphatic rings. The van der Waals surface area contributed by atoms with E-state index in [9.17, 15) is 0 Å². The van der Waals surface area contributed by atoms with Gasteiger partial charge in [-0.15, -0.1) is 5.92 Å². The lowest BCUT2D eigenvalue weighted by atomic mass is 10.1. The fourth-order valence-corrected chi connectivity index (χ4v) is 1.26. The third-order valence-corrected chi connectivity index (χ3v) is 2.23. The molecule has 0 atom stereocenters. The van der Waals surface area contributed by atoms with Gasteiger partial charge in [0.25, 0.3) is 0 Å². The van der Waals surface area contributed by atoms with Gasteiger partial charge in [0.2, 0.25) is 0 Å². The second kappa shape index (κ2) is 6.95. The lowest BCUT2D eigenvalue weighted by Gasteiger charge is -1.99. The standard InChI is InChI=1S/C14H18O/c1-3-4-5-6-7-8-13-9-11-14(15-2)12-10-13/h9-12H,3-5,8H2,1-2H3. The predicted molar refractivity (Wildman–Crippen MR) is 64.0 cm³/mol. The van der Waals surface area contributed by atoms with E-state index in [1.54, 1.807) is 7.11 Å². The van der Waals surface area contributed by atoms with Gasteiger partial charge in [-0.1, -0.05) is 31.4 Å². The van der Waals surface area contributed by atoms with E-state index in [1.165, 1.54) is 18.4 Å². The van der Waals surface area contributed by atoms with Crippen LogP contribution in [0.25, 0.3) is 0 Å². The van der Waals surface area contributed by atoms with Gasteiger partial charge >= 0.3 is 0 Å². The molecule has 0 aliphatic carbocycles. The average molecular weight is 202 g/mol. The predicted octanol–water partition coefficient (Wildman–Crippen LogP) is 3.43. The Hall–Kier alpha value is -1.42. The second-order valence-electron chi connectivity index (χ2n) is 3.48. The van der Waals surface area contributed by atoms with Crippen LogP contribution in [0.2, 0.25) is 0 Å². The summed E-state index contributed by atoms with van der Waals surface area (Å²) in [5, 5.41) is 0. The lowest BCUT2D eigenvalue weighted by Crippen LogP contribution is -1.84. The molecule has 0 N–H and O–H groups in total. The first-order valence-corrected chi connectivity index (χ1v) is 5.45. The number of methoxy groups -OCH3 is 1. The molecule has 1 heteroatoms. The van der Waals surface area contributed by atoms with Crippen LogP contribution in [-0.2, 0) is 6.42 Å². The molecule has 15 heavy (non-hydrogen) atoms. The van der Waals surface area contributed by atoms with Crippen LogP contribution < -0.4 is 4.74 Å². The zero-order chi connectivity index (χ0) is 10.9. The normalized spacial score (nSPS) is 9.20. The van der Waals surface area contributed by atoms with Crippen molar-refractivity contribution in [1.82, 2.24) is 0 Å². The molecule has 0 fully saturated rings. The quantitative estimate of drug-likeness (QED) is 0.537. The Morgan fingerprint density at radius 3 is 2.47 bits per heavy atom. The van der Waals surface area contributed by atoms with Crippen molar-refractivity contribution >= 4 is 0 Å². The van der Waals surface area contributed by atoms with E-state index in [2.05, 4.69) is 30.9 Å². The molecule has 0 saturated heterocycles. The van der Waals surface area contributed by atoms with Crippen molar-refractivity contribution < 1.29 is 4.74 Å². The Morgan fingerprint density at radius 1 is 1.13 bits per heavy atom. The number of benzene rings is 1. The zero-order valence-electron chi connectivity index (χ0n) is 9.55. The van der Waals surface area contributed by atoms with Crippen molar-refractivity contribution in [2.75, 3.05) is 7.11 Å². The monoisotopic (exact) mass is 202 g/mol. The van der Waals surface area contributed by atoms with Gasteiger partial charge in [-0.05, 0) is 24.1 Å². The van der Waals surface area contributed by atoms with Crippen LogP contribution in [0.5, 0.6) is 5.75 Å². The molecule has 0 aliphatic heterocycles. The summed E-state index contributed by atoms with van der Waals surface area (Å²) in [6, 6.07) is 8.08. The molecular weight excluding hydrogens is 184 g/mol. The van der Waals surface area contributed by atoms with Crippen LogP contribution in [0.3, 0.4) is 0 Å². The molecule has 0 bridgehead atoms. The van der Waals surface area contributed by atoms with E-state index in [4.69, 9.17) is 4.74 Å². The van der Waals surface area contributed by atoms with E-state index >= 15 is 0 Å². The van der Waals surface area contributed by atoms with Crippen LogP contribution in [0.4, 0.5) is 0 Å². The van der Waals surface area contributed by atoms with Gasteiger partial charge in [-0.25, -0.2) is 0 Å². The summed E-state index contributed by atoms with van der Waals surface area (Å²) in [5.41, 5.74) is 1.25. The van der Waals surface area contributed by atoms with Crippen LogP contribution in [0, 0.1) is 11.8 Å². The van der Waals surface area contributed by atoms with Gasteiger partial charge in [0.05, 0.1) is 7.11 Å². The van der Waals surface area contributed by atoms with Crippen molar-refractivity contribution in [3.63, 3.8) is 0 Å². The molecule has 0 saturated carbocycles. The largest absolute Gasteiger partial charge is 0.497 e. The molecule has 1 aromatic carbocycles. The van der Waals surface area contributed by atoms with Crippen molar-refractivity contribution in [3.8, 4) is 17.6 Å². The lowest BCUT2D eigenvalue weighted by molar-refractivity contribution is 0.414. The van der Waals surface area contributed by atoms with Crippen LogP contribution in [0.1, 0.15) is 31.7 Å². The maximum absolute atomic E-state index is 5.09. The smallest absolute Gasteiger partial charge is 0.118 e. The highest BCUT2D eigenvalue weighted by Gasteiger charge is 1.91. The van der Waals surface area contributed by atoms with E-state index < -0.39 is 0 Å². The van der Waals surface area contributed by atoms with Crippen molar-refractivity contribution in [3.05, 3.63) is 29.8 Å². The summed E-state index contributed by atoms with van der Waals surface area (Å²) >= 11 is 0. The molecule has 0 heterocycles. The van der Waals surface area contributed by atoms with Gasteiger partial charge in [-0.3, -0.25) is 0 Å². The molecule has 0 unspecified atom stereocenters. The van der Waals surface area contributed by atoms with Gasteiger partial charge in [0.1, 0.15) is 5.75 Å². The molecular formula is C14H18O. The minimum Gasteiger partial charge on any atom is -0.497 e.